The second-order valence-electron chi connectivity index (χ2n) is 9.75. The first-order valence-electron chi connectivity index (χ1n) is 14.1. The lowest BCUT2D eigenvalue weighted by molar-refractivity contribution is 0.757. The molecule has 0 radical (unpaired) electrons. The number of hydrogen-bond donors (Lipinski definition) is 0. The quantitative estimate of drug-likeness (QED) is 0.273. The Balaban J connectivity index is 2.07. The predicted molar refractivity (Wildman–Crippen MR) is 155 cm³/mol. The van der Waals surface area contributed by atoms with E-state index in [4.69, 9.17) is 0 Å². The summed E-state index contributed by atoms with van der Waals surface area (Å²) in [7, 11) is 0. The third-order valence-corrected chi connectivity index (χ3v) is 6.79. The second-order valence-corrected chi connectivity index (χ2v) is 9.75. The molecule has 0 spiro atoms. The third-order valence-electron chi connectivity index (χ3n) is 6.79. The highest BCUT2D eigenvalue weighted by Gasteiger charge is 2.10. The van der Waals surface area contributed by atoms with Crippen LogP contribution in [0.4, 0.5) is 0 Å². The van der Waals surface area contributed by atoms with E-state index in [0.717, 1.165) is 47.9 Å². The number of fused-ring (bicyclic) bond motifs is 2. The zero-order valence-corrected chi connectivity index (χ0v) is 22.8. The van der Waals surface area contributed by atoms with Crippen molar-refractivity contribution in [3.63, 3.8) is 0 Å². The third kappa shape index (κ3) is 7.85. The van der Waals surface area contributed by atoms with Crippen molar-refractivity contribution in [1.82, 2.24) is 0 Å². The van der Waals surface area contributed by atoms with Gasteiger partial charge in [-0.15, -0.1) is 0 Å². The van der Waals surface area contributed by atoms with Crippen molar-refractivity contribution >= 4 is 0 Å². The molecule has 184 valence electrons. The average molecular weight is 473 g/mol. The number of rotatable bonds is 12. The standard InChI is InChI=1S/C36H40/c1-5-9-17-29-25-33-21-13-14-23-35-27-31(19-11-7-3)32(20-12-8-4)28-36(35)24-16-15-22-34(33)26-30(29)18-10-6-2/h25-28H,5-12,17-20H2,1-4H3. The van der Waals surface area contributed by atoms with E-state index in [1.165, 1.54) is 73.6 Å². The fourth-order valence-electron chi connectivity index (χ4n) is 4.59. The summed E-state index contributed by atoms with van der Waals surface area (Å²) in [5, 5.41) is 0. The van der Waals surface area contributed by atoms with Crippen molar-refractivity contribution in [3.05, 3.63) is 68.8 Å². The summed E-state index contributed by atoms with van der Waals surface area (Å²) >= 11 is 0. The summed E-state index contributed by atoms with van der Waals surface area (Å²) in [6.45, 7) is 8.99. The van der Waals surface area contributed by atoms with Gasteiger partial charge in [-0.25, -0.2) is 0 Å². The Morgan fingerprint density at radius 1 is 0.389 bits per heavy atom. The van der Waals surface area contributed by atoms with Crippen LogP contribution in [0.5, 0.6) is 0 Å². The van der Waals surface area contributed by atoms with Gasteiger partial charge in [0.05, 0.1) is 0 Å². The summed E-state index contributed by atoms with van der Waals surface area (Å²) in [5.41, 5.74) is 9.56. The SMILES string of the molecule is CCCCc1cc2c(cc1CCCC)C#CC#Cc1cc(CCCC)c(CCCC)cc1C#CC#C2. The first kappa shape index (κ1) is 27.3. The van der Waals surface area contributed by atoms with Gasteiger partial charge in [-0.2, -0.15) is 0 Å². The van der Waals surface area contributed by atoms with Crippen LogP contribution in [0.1, 0.15) is 124 Å². The molecule has 3 rings (SSSR count). The van der Waals surface area contributed by atoms with Gasteiger partial charge in [-0.05, 0) is 122 Å². The zero-order chi connectivity index (χ0) is 25.6. The van der Waals surface area contributed by atoms with E-state index in [2.05, 4.69) is 99.3 Å². The highest BCUT2D eigenvalue weighted by atomic mass is 14.1. The fraction of sp³-hybridized carbons (Fsp3) is 0.444. The van der Waals surface area contributed by atoms with E-state index in [9.17, 15) is 0 Å². The van der Waals surface area contributed by atoms with Gasteiger partial charge in [-0.3, -0.25) is 0 Å². The molecule has 1 aliphatic carbocycles. The Morgan fingerprint density at radius 2 is 0.611 bits per heavy atom. The van der Waals surface area contributed by atoms with Crippen molar-refractivity contribution in [2.24, 2.45) is 0 Å². The molecule has 0 aliphatic heterocycles. The normalized spacial score (nSPS) is 11.0. The van der Waals surface area contributed by atoms with Gasteiger partial charge in [0, 0.05) is 22.3 Å². The van der Waals surface area contributed by atoms with Crippen LogP contribution in [-0.4, -0.2) is 0 Å². The Kier molecular flexibility index (Phi) is 11.3. The van der Waals surface area contributed by atoms with Crippen LogP contribution in [0.15, 0.2) is 24.3 Å². The van der Waals surface area contributed by atoms with E-state index in [-0.39, 0.29) is 0 Å². The first-order chi connectivity index (χ1) is 17.7. The van der Waals surface area contributed by atoms with Gasteiger partial charge >= 0.3 is 0 Å². The molecule has 36 heavy (non-hydrogen) atoms. The number of hydrogen-bond acceptors (Lipinski definition) is 0. The Bertz CT molecular complexity index is 1080. The van der Waals surface area contributed by atoms with E-state index in [1.807, 2.05) is 0 Å². The predicted octanol–water partition coefficient (Wildman–Crippen LogP) is 8.18. The van der Waals surface area contributed by atoms with Crippen LogP contribution in [0, 0.1) is 47.4 Å². The molecule has 2 aromatic carbocycles. The van der Waals surface area contributed by atoms with Crippen molar-refractivity contribution in [2.75, 3.05) is 0 Å². The molecule has 0 fully saturated rings. The van der Waals surface area contributed by atoms with Crippen molar-refractivity contribution < 1.29 is 0 Å². The molecule has 2 aromatic rings. The van der Waals surface area contributed by atoms with Gasteiger partial charge in [0.15, 0.2) is 0 Å². The minimum atomic E-state index is 0.976. The van der Waals surface area contributed by atoms with Crippen LogP contribution in [0.2, 0.25) is 0 Å². The summed E-state index contributed by atoms with van der Waals surface area (Å²) in [4.78, 5) is 0. The van der Waals surface area contributed by atoms with Gasteiger partial charge in [0.1, 0.15) is 0 Å². The largest absolute Gasteiger partial charge is 0.0654 e. The maximum atomic E-state index is 3.33. The molecule has 0 N–H and O–H groups in total. The topological polar surface area (TPSA) is 0 Å². The molecule has 0 atom stereocenters. The van der Waals surface area contributed by atoms with Crippen LogP contribution < -0.4 is 0 Å². The molecule has 0 saturated carbocycles. The smallest absolute Gasteiger partial charge is 0.0415 e. The molecule has 0 bridgehead atoms. The van der Waals surface area contributed by atoms with Crippen LogP contribution in [0.3, 0.4) is 0 Å². The van der Waals surface area contributed by atoms with Gasteiger partial charge in [0.25, 0.3) is 0 Å². The van der Waals surface area contributed by atoms with Crippen molar-refractivity contribution in [2.45, 2.75) is 105 Å². The highest BCUT2D eigenvalue weighted by molar-refractivity contribution is 5.61. The lowest BCUT2D eigenvalue weighted by atomic mass is 9.92. The maximum Gasteiger partial charge on any atom is 0.0415 e. The average Bonchev–Trinajstić information content (AvgIpc) is 2.89. The minimum absolute atomic E-state index is 0.976. The molecule has 0 unspecified atom stereocenters. The first-order valence-corrected chi connectivity index (χ1v) is 14.1. The Hall–Kier alpha value is -3.32. The lowest BCUT2D eigenvalue weighted by Crippen LogP contribution is -2.00. The summed E-state index contributed by atoms with van der Waals surface area (Å²) in [5.74, 6) is 25.8. The highest BCUT2D eigenvalue weighted by Crippen LogP contribution is 2.22. The van der Waals surface area contributed by atoms with Gasteiger partial charge < -0.3 is 0 Å². The minimum Gasteiger partial charge on any atom is -0.0654 e. The molecule has 1 aliphatic rings. The molecule has 0 aromatic heterocycles. The molecule has 0 saturated heterocycles. The van der Waals surface area contributed by atoms with Crippen LogP contribution in [-0.2, 0) is 25.7 Å². The number of benzene rings is 2. The van der Waals surface area contributed by atoms with E-state index >= 15 is 0 Å². The molecular weight excluding hydrogens is 432 g/mol. The zero-order valence-electron chi connectivity index (χ0n) is 22.8. The van der Waals surface area contributed by atoms with E-state index in [0.29, 0.717) is 0 Å². The lowest BCUT2D eigenvalue weighted by Gasteiger charge is -2.12. The second kappa shape index (κ2) is 14.9. The summed E-state index contributed by atoms with van der Waals surface area (Å²) in [6, 6.07) is 9.04. The van der Waals surface area contributed by atoms with Crippen molar-refractivity contribution in [1.29, 1.82) is 0 Å². The molecule has 0 nitrogen and oxygen atoms in total. The van der Waals surface area contributed by atoms with Gasteiger partial charge in [-0.1, -0.05) is 77.1 Å². The summed E-state index contributed by atoms with van der Waals surface area (Å²) in [6.07, 6.45) is 13.9. The maximum absolute atomic E-state index is 3.33. The fourth-order valence-corrected chi connectivity index (χ4v) is 4.59. The molecular formula is C36H40. The molecule has 0 heteroatoms. The Labute approximate surface area is 220 Å². The van der Waals surface area contributed by atoms with Crippen LogP contribution in [0.25, 0.3) is 0 Å². The van der Waals surface area contributed by atoms with Crippen molar-refractivity contribution in [3.8, 4) is 47.4 Å². The Morgan fingerprint density at radius 3 is 0.806 bits per heavy atom. The van der Waals surface area contributed by atoms with Crippen LogP contribution >= 0.6 is 0 Å². The number of aryl methyl sites for hydroxylation is 4. The summed E-state index contributed by atoms with van der Waals surface area (Å²) < 4.78 is 0. The van der Waals surface area contributed by atoms with E-state index in [1.54, 1.807) is 0 Å². The van der Waals surface area contributed by atoms with Gasteiger partial charge in [0.2, 0.25) is 0 Å². The number of unbranched alkanes of at least 4 members (excludes halogenated alkanes) is 4. The monoisotopic (exact) mass is 472 g/mol. The van der Waals surface area contributed by atoms with E-state index < -0.39 is 0 Å². The molecule has 0 heterocycles. The molecule has 0 amide bonds.